The minimum absolute atomic E-state index is 0.0282. The maximum atomic E-state index is 12.6. The third-order valence-corrected chi connectivity index (χ3v) is 6.77. The van der Waals surface area contributed by atoms with Gasteiger partial charge in [-0.2, -0.15) is 0 Å². The largest absolute Gasteiger partial charge is 0.468 e. The molecule has 0 bridgehead atoms. The maximum Gasteiger partial charge on any atom is 0.291 e. The Bertz CT molecular complexity index is 844. The highest BCUT2D eigenvalue weighted by atomic mass is 16.6. The molecule has 2 aliphatic carbocycles. The van der Waals surface area contributed by atoms with Crippen LogP contribution < -0.4 is 10.2 Å². The van der Waals surface area contributed by atoms with Crippen LogP contribution in [0.15, 0.2) is 33.0 Å². The summed E-state index contributed by atoms with van der Waals surface area (Å²) in [7, 11) is 1.52. The predicted molar refractivity (Wildman–Crippen MR) is 98.0 cm³/mol. The number of hydrogen-bond acceptors (Lipinski definition) is 4. The molecule has 4 nitrogen and oxygen atoms in total. The Morgan fingerprint density at radius 3 is 2.44 bits per heavy atom. The molecule has 0 unspecified atom stereocenters. The summed E-state index contributed by atoms with van der Waals surface area (Å²) in [6.45, 7) is 15.9. The molecule has 4 heteroatoms. The van der Waals surface area contributed by atoms with Gasteiger partial charge in [0.2, 0.25) is 0 Å². The lowest BCUT2D eigenvalue weighted by atomic mass is 9.81. The summed E-state index contributed by atoms with van der Waals surface area (Å²) in [4.78, 5) is 12.6. The molecule has 1 fully saturated rings. The first-order valence-electron chi connectivity index (χ1n) is 8.77. The van der Waals surface area contributed by atoms with Crippen LogP contribution in [-0.2, 0) is 5.41 Å². The fourth-order valence-electron chi connectivity index (χ4n) is 5.18. The van der Waals surface area contributed by atoms with Crippen LogP contribution in [-0.4, -0.2) is 18.3 Å². The number of rotatable bonds is 4. The highest BCUT2D eigenvalue weighted by Crippen LogP contribution is 2.78. The van der Waals surface area contributed by atoms with E-state index in [2.05, 4.69) is 33.4 Å². The van der Waals surface area contributed by atoms with Gasteiger partial charge in [0.25, 0.3) is 5.95 Å². The van der Waals surface area contributed by atoms with Gasteiger partial charge in [0, 0.05) is 22.3 Å². The van der Waals surface area contributed by atoms with Crippen LogP contribution >= 0.6 is 0 Å². The number of aliphatic hydroxyl groups is 1. The monoisotopic (exact) mass is 344 g/mol. The van der Waals surface area contributed by atoms with Gasteiger partial charge in [-0.05, 0) is 39.2 Å². The zero-order valence-electron chi connectivity index (χ0n) is 16.2. The molecule has 25 heavy (non-hydrogen) atoms. The summed E-state index contributed by atoms with van der Waals surface area (Å²) >= 11 is 0. The van der Waals surface area contributed by atoms with E-state index in [1.54, 1.807) is 13.8 Å². The highest BCUT2D eigenvalue weighted by molar-refractivity contribution is 5.52. The third-order valence-electron chi connectivity index (χ3n) is 6.77. The Labute approximate surface area is 149 Å². The van der Waals surface area contributed by atoms with E-state index in [9.17, 15) is 9.90 Å². The van der Waals surface area contributed by atoms with Crippen molar-refractivity contribution < 1.29 is 14.3 Å². The van der Waals surface area contributed by atoms with Crippen LogP contribution in [0.2, 0.25) is 0 Å². The summed E-state index contributed by atoms with van der Waals surface area (Å²) < 4.78 is 11.4. The first-order chi connectivity index (χ1) is 11.5. The van der Waals surface area contributed by atoms with Gasteiger partial charge < -0.3 is 14.3 Å². The fraction of sp³-hybridized carbons (Fsp3) is 0.571. The van der Waals surface area contributed by atoms with Crippen molar-refractivity contribution in [3.8, 4) is 5.95 Å². The Morgan fingerprint density at radius 2 is 1.92 bits per heavy atom. The second-order valence-electron chi connectivity index (χ2n) is 8.08. The number of methoxy groups -OCH3 is 1. The average Bonchev–Trinajstić information content (AvgIpc) is 2.85. The SMILES string of the molecule is C=C([C@H]1C(C)=C[C@@]2(C)[C@@H]1[C@]2(C)c1oc(OC)c(C)c(=O)c1C)[C@@H](C)O. The third kappa shape index (κ3) is 2.06. The van der Waals surface area contributed by atoms with Crippen molar-refractivity contribution in [3.63, 3.8) is 0 Å². The van der Waals surface area contributed by atoms with Gasteiger partial charge in [-0.1, -0.05) is 32.1 Å². The van der Waals surface area contributed by atoms with Crippen molar-refractivity contribution in [2.24, 2.45) is 17.3 Å². The summed E-state index contributed by atoms with van der Waals surface area (Å²) in [5, 5.41) is 10.1. The topological polar surface area (TPSA) is 59.7 Å². The second-order valence-corrected chi connectivity index (χ2v) is 8.08. The number of aliphatic hydroxyl groups excluding tert-OH is 1. The molecule has 136 valence electrons. The summed E-state index contributed by atoms with van der Waals surface area (Å²) in [5.41, 5.74) is 2.73. The van der Waals surface area contributed by atoms with Gasteiger partial charge in [0.05, 0.1) is 18.8 Å². The Kier molecular flexibility index (Phi) is 3.84. The van der Waals surface area contributed by atoms with Gasteiger partial charge in [0.15, 0.2) is 5.43 Å². The molecule has 0 spiro atoms. The van der Waals surface area contributed by atoms with E-state index in [1.807, 2.05) is 6.92 Å². The standard InChI is InChI=1S/C21H28O4/c1-10-9-20(6)17(15(10)11(2)14(5)22)21(20,7)18-12(3)16(23)13(4)19(24-8)25-18/h9,14-15,17,22H,2H2,1,3-8H3/t14-,15-,17-,20+,21-/m1/s1. The first-order valence-corrected chi connectivity index (χ1v) is 8.77. The molecule has 5 atom stereocenters. The van der Waals surface area contributed by atoms with Gasteiger partial charge in [-0.25, -0.2) is 0 Å². The molecule has 1 aromatic heterocycles. The van der Waals surface area contributed by atoms with Crippen molar-refractivity contribution in [1.82, 2.24) is 0 Å². The van der Waals surface area contributed by atoms with Gasteiger partial charge >= 0.3 is 0 Å². The van der Waals surface area contributed by atoms with Crippen LogP contribution in [0.25, 0.3) is 0 Å². The minimum Gasteiger partial charge on any atom is -0.468 e. The van der Waals surface area contributed by atoms with Crippen LogP contribution in [0.5, 0.6) is 5.95 Å². The Balaban J connectivity index is 2.16. The summed E-state index contributed by atoms with van der Waals surface area (Å²) in [6, 6.07) is 0. The molecule has 1 heterocycles. The lowest BCUT2D eigenvalue weighted by Gasteiger charge is -2.26. The maximum absolute atomic E-state index is 12.6. The van der Waals surface area contributed by atoms with Crippen LogP contribution in [0.1, 0.15) is 44.6 Å². The van der Waals surface area contributed by atoms with Gasteiger partial charge in [-0.3, -0.25) is 4.79 Å². The molecule has 0 saturated heterocycles. The molecular weight excluding hydrogens is 316 g/mol. The fourth-order valence-corrected chi connectivity index (χ4v) is 5.18. The normalized spacial score (nSPS) is 34.3. The smallest absolute Gasteiger partial charge is 0.291 e. The van der Waals surface area contributed by atoms with Crippen LogP contribution in [0, 0.1) is 31.1 Å². The first kappa shape index (κ1) is 18.0. The van der Waals surface area contributed by atoms with Crippen molar-refractivity contribution >= 4 is 0 Å². The summed E-state index contributed by atoms with van der Waals surface area (Å²) in [6.07, 6.45) is 1.70. The van der Waals surface area contributed by atoms with Gasteiger partial charge in [0.1, 0.15) is 5.76 Å². The molecule has 1 saturated carbocycles. The molecule has 0 amide bonds. The van der Waals surface area contributed by atoms with Crippen LogP contribution in [0.4, 0.5) is 0 Å². The molecule has 0 aliphatic heterocycles. The van der Waals surface area contributed by atoms with Crippen LogP contribution in [0.3, 0.4) is 0 Å². The number of ether oxygens (including phenoxy) is 1. The molecule has 3 rings (SSSR count). The number of fused-ring (bicyclic) bond motifs is 1. The Morgan fingerprint density at radius 1 is 1.32 bits per heavy atom. The predicted octanol–water partition coefficient (Wildman–Crippen LogP) is 3.67. The molecule has 2 aliphatic rings. The molecule has 0 radical (unpaired) electrons. The van der Waals surface area contributed by atoms with E-state index < -0.39 is 6.10 Å². The second kappa shape index (κ2) is 5.34. The van der Waals surface area contributed by atoms with Crippen molar-refractivity contribution in [1.29, 1.82) is 0 Å². The highest BCUT2D eigenvalue weighted by Gasteiger charge is 2.77. The number of hydrogen-bond donors (Lipinski definition) is 1. The molecule has 1 N–H and O–H groups in total. The van der Waals surface area contributed by atoms with E-state index in [1.165, 1.54) is 12.7 Å². The molecule has 1 aromatic rings. The van der Waals surface area contributed by atoms with E-state index >= 15 is 0 Å². The zero-order valence-corrected chi connectivity index (χ0v) is 16.2. The quantitative estimate of drug-likeness (QED) is 0.847. The average molecular weight is 344 g/mol. The van der Waals surface area contributed by atoms with Gasteiger partial charge in [-0.15, -0.1) is 0 Å². The summed E-state index contributed by atoms with van der Waals surface area (Å²) in [5.74, 6) is 1.29. The van der Waals surface area contributed by atoms with Crippen molar-refractivity contribution in [3.05, 3.63) is 50.9 Å². The van der Waals surface area contributed by atoms with Crippen molar-refractivity contribution in [2.45, 2.75) is 53.1 Å². The number of allylic oxidation sites excluding steroid dienone is 2. The van der Waals surface area contributed by atoms with E-state index in [0.29, 0.717) is 16.9 Å². The van der Waals surface area contributed by atoms with Crippen molar-refractivity contribution in [2.75, 3.05) is 7.11 Å². The van der Waals surface area contributed by atoms with E-state index in [4.69, 9.17) is 9.15 Å². The van der Waals surface area contributed by atoms with E-state index in [-0.39, 0.29) is 34.0 Å². The molecule has 0 aromatic carbocycles. The van der Waals surface area contributed by atoms with E-state index in [0.717, 1.165) is 5.57 Å². The lowest BCUT2D eigenvalue weighted by molar-refractivity contribution is 0.215. The Hall–Kier alpha value is -1.81. The lowest BCUT2D eigenvalue weighted by Crippen LogP contribution is -2.24. The molecular formula is C21H28O4. The minimum atomic E-state index is -0.568. The zero-order chi connectivity index (χ0) is 18.9.